The molecule has 0 aromatic heterocycles. The Morgan fingerprint density at radius 2 is 1.63 bits per heavy atom. The maximum absolute atomic E-state index is 13.7. The fraction of sp³-hybridized carbons (Fsp3) is 0.296. The summed E-state index contributed by atoms with van der Waals surface area (Å²) in [5, 5.41) is 2.81. The van der Waals surface area contributed by atoms with Crippen LogP contribution < -0.4 is 9.62 Å². The van der Waals surface area contributed by atoms with Gasteiger partial charge >= 0.3 is 0 Å². The third kappa shape index (κ3) is 7.57. The molecule has 1 N–H and O–H groups in total. The minimum absolute atomic E-state index is 0.130. The Balaban J connectivity index is 1.60. The summed E-state index contributed by atoms with van der Waals surface area (Å²) in [7, 11) is -3.92. The molecule has 186 valence electrons. The van der Waals surface area contributed by atoms with Gasteiger partial charge in [0.2, 0.25) is 5.91 Å². The van der Waals surface area contributed by atoms with E-state index in [0.29, 0.717) is 35.9 Å². The minimum atomic E-state index is -3.92. The van der Waals surface area contributed by atoms with E-state index in [1.165, 1.54) is 18.2 Å². The highest BCUT2D eigenvalue weighted by Gasteiger charge is 2.27. The van der Waals surface area contributed by atoms with Crippen molar-refractivity contribution in [2.24, 2.45) is 0 Å². The average Bonchev–Trinajstić information content (AvgIpc) is 2.86. The van der Waals surface area contributed by atoms with E-state index in [0.717, 1.165) is 15.6 Å². The molecule has 3 aromatic carbocycles. The maximum atomic E-state index is 13.7. The summed E-state index contributed by atoms with van der Waals surface area (Å²) in [5.74, 6) is 1.03. The van der Waals surface area contributed by atoms with Gasteiger partial charge in [-0.3, -0.25) is 9.10 Å². The van der Waals surface area contributed by atoms with Crippen LogP contribution in [0.3, 0.4) is 0 Å². The highest BCUT2D eigenvalue weighted by molar-refractivity contribution is 7.98. The lowest BCUT2D eigenvalue weighted by Gasteiger charge is -2.24. The minimum Gasteiger partial charge on any atom is -0.354 e. The molecule has 3 rings (SSSR count). The number of anilines is 1. The van der Waals surface area contributed by atoms with Crippen LogP contribution in [0.15, 0.2) is 83.8 Å². The number of amides is 1. The van der Waals surface area contributed by atoms with Crippen LogP contribution in [0.5, 0.6) is 0 Å². The van der Waals surface area contributed by atoms with Crippen molar-refractivity contribution in [2.45, 2.75) is 36.8 Å². The third-order valence-electron chi connectivity index (χ3n) is 5.47. The van der Waals surface area contributed by atoms with Gasteiger partial charge in [-0.2, -0.15) is 11.8 Å². The van der Waals surface area contributed by atoms with Crippen LogP contribution in [0, 0.1) is 5.82 Å². The van der Waals surface area contributed by atoms with Crippen molar-refractivity contribution in [1.29, 1.82) is 0 Å². The van der Waals surface area contributed by atoms with Crippen molar-refractivity contribution >= 4 is 33.4 Å². The highest BCUT2D eigenvalue weighted by Crippen LogP contribution is 2.25. The molecule has 0 aliphatic heterocycles. The molecule has 1 amide bonds. The molecule has 0 fully saturated rings. The smallest absolute Gasteiger partial charge is 0.264 e. The fourth-order valence-electron chi connectivity index (χ4n) is 3.45. The van der Waals surface area contributed by atoms with Gasteiger partial charge in [0, 0.05) is 12.3 Å². The van der Waals surface area contributed by atoms with Crippen LogP contribution in [0.1, 0.15) is 37.3 Å². The largest absolute Gasteiger partial charge is 0.354 e. The first kappa shape index (κ1) is 26.8. The number of nitrogens with one attached hydrogen (secondary N) is 1. The van der Waals surface area contributed by atoms with E-state index in [9.17, 15) is 17.6 Å². The van der Waals surface area contributed by atoms with Crippen molar-refractivity contribution in [3.63, 3.8) is 0 Å². The maximum Gasteiger partial charge on any atom is 0.264 e. The second-order valence-electron chi connectivity index (χ2n) is 8.42. The molecule has 0 aliphatic carbocycles. The first-order chi connectivity index (χ1) is 16.8. The van der Waals surface area contributed by atoms with Gasteiger partial charge in [-0.25, -0.2) is 12.8 Å². The molecule has 0 aliphatic rings. The molecule has 3 aromatic rings. The lowest BCUT2D eigenvalue weighted by atomic mass is 10.0. The Kier molecular flexibility index (Phi) is 9.74. The van der Waals surface area contributed by atoms with Gasteiger partial charge in [0.15, 0.2) is 0 Å². The van der Waals surface area contributed by atoms with Crippen molar-refractivity contribution in [1.82, 2.24) is 5.32 Å². The topological polar surface area (TPSA) is 66.5 Å². The molecule has 0 heterocycles. The van der Waals surface area contributed by atoms with Crippen molar-refractivity contribution in [3.8, 4) is 0 Å². The predicted octanol–water partition coefficient (Wildman–Crippen LogP) is 5.58. The van der Waals surface area contributed by atoms with Gasteiger partial charge in [0.1, 0.15) is 12.4 Å². The normalized spacial score (nSPS) is 11.4. The summed E-state index contributed by atoms with van der Waals surface area (Å²) >= 11 is 1.59. The number of hydrogen-bond acceptors (Lipinski definition) is 4. The van der Waals surface area contributed by atoms with Gasteiger partial charge in [0.05, 0.1) is 10.6 Å². The SMILES string of the molecule is CC(C)c1ccc(N(CC(=O)NCCCSCc2ccccc2F)S(=O)(=O)c2ccccc2)cc1. The first-order valence-corrected chi connectivity index (χ1v) is 14.1. The molecule has 0 atom stereocenters. The molecule has 8 heteroatoms. The summed E-state index contributed by atoms with van der Waals surface area (Å²) in [6.07, 6.45) is 0.694. The van der Waals surface area contributed by atoms with Gasteiger partial charge in [-0.15, -0.1) is 0 Å². The number of thioether (sulfide) groups is 1. The van der Waals surface area contributed by atoms with Gasteiger partial charge in [-0.1, -0.05) is 62.4 Å². The third-order valence-corrected chi connectivity index (χ3v) is 8.35. The molecule has 0 bridgehead atoms. The number of benzene rings is 3. The van der Waals surface area contributed by atoms with E-state index in [1.807, 2.05) is 18.2 Å². The van der Waals surface area contributed by atoms with Crippen molar-refractivity contribution in [3.05, 3.63) is 95.8 Å². The van der Waals surface area contributed by atoms with Crippen LogP contribution in [0.2, 0.25) is 0 Å². The molecule has 0 saturated heterocycles. The molecular weight excluding hydrogens is 483 g/mol. The number of carbonyl (C=O) groups is 1. The molecule has 0 radical (unpaired) electrons. The van der Waals surface area contributed by atoms with E-state index in [2.05, 4.69) is 19.2 Å². The second-order valence-corrected chi connectivity index (χ2v) is 11.4. The van der Waals surface area contributed by atoms with Crippen molar-refractivity contribution < 1.29 is 17.6 Å². The summed E-state index contributed by atoms with van der Waals surface area (Å²) in [6, 6.07) is 22.0. The van der Waals surface area contributed by atoms with Gasteiger partial charge in [0.25, 0.3) is 10.0 Å². The number of nitrogens with zero attached hydrogens (tertiary/aromatic N) is 1. The van der Waals surface area contributed by atoms with Crippen LogP contribution in [-0.2, 0) is 20.6 Å². The molecular formula is C27H31FN2O3S2. The summed E-state index contributed by atoms with van der Waals surface area (Å²) in [5.41, 5.74) is 2.18. The van der Waals surface area contributed by atoms with Crippen LogP contribution in [0.25, 0.3) is 0 Å². The molecule has 35 heavy (non-hydrogen) atoms. The Labute approximate surface area is 211 Å². The van der Waals surface area contributed by atoms with Gasteiger partial charge < -0.3 is 5.32 Å². The van der Waals surface area contributed by atoms with Crippen LogP contribution >= 0.6 is 11.8 Å². The van der Waals surface area contributed by atoms with E-state index >= 15 is 0 Å². The molecule has 5 nitrogen and oxygen atoms in total. The Morgan fingerprint density at radius 3 is 2.29 bits per heavy atom. The van der Waals surface area contributed by atoms with E-state index in [-0.39, 0.29) is 23.2 Å². The van der Waals surface area contributed by atoms with E-state index in [1.54, 1.807) is 54.2 Å². The van der Waals surface area contributed by atoms with E-state index < -0.39 is 10.0 Å². The predicted molar refractivity (Wildman–Crippen MR) is 142 cm³/mol. The summed E-state index contributed by atoms with van der Waals surface area (Å²) in [6.45, 7) is 4.22. The number of hydrogen-bond donors (Lipinski definition) is 1. The zero-order valence-electron chi connectivity index (χ0n) is 20.0. The van der Waals surface area contributed by atoms with Crippen LogP contribution in [-0.4, -0.2) is 33.2 Å². The molecule has 0 unspecified atom stereocenters. The molecule has 0 saturated carbocycles. The Hall–Kier alpha value is -2.84. The lowest BCUT2D eigenvalue weighted by molar-refractivity contribution is -0.119. The Morgan fingerprint density at radius 1 is 0.971 bits per heavy atom. The second kappa shape index (κ2) is 12.7. The molecule has 0 spiro atoms. The number of halogens is 1. The lowest BCUT2D eigenvalue weighted by Crippen LogP contribution is -2.41. The quantitative estimate of drug-likeness (QED) is 0.320. The average molecular weight is 515 g/mol. The zero-order valence-corrected chi connectivity index (χ0v) is 21.6. The zero-order chi connectivity index (χ0) is 25.3. The number of rotatable bonds is 12. The fourth-order valence-corrected chi connectivity index (χ4v) is 5.84. The first-order valence-electron chi connectivity index (χ1n) is 11.5. The van der Waals surface area contributed by atoms with Crippen molar-refractivity contribution in [2.75, 3.05) is 23.1 Å². The summed E-state index contributed by atoms with van der Waals surface area (Å²) in [4.78, 5) is 12.8. The summed E-state index contributed by atoms with van der Waals surface area (Å²) < 4.78 is 41.6. The highest BCUT2D eigenvalue weighted by atomic mass is 32.2. The Bertz CT molecular complexity index is 1200. The standard InChI is InChI=1S/C27H31FN2O3S2/c1-21(2)22-13-15-24(16-14-22)30(35(32,33)25-10-4-3-5-11-25)19-27(31)29-17-8-18-34-20-23-9-6-7-12-26(23)28/h3-7,9-16,21H,8,17-20H2,1-2H3,(H,29,31). The number of sulfonamides is 1. The van der Waals surface area contributed by atoms with Crippen LogP contribution in [0.4, 0.5) is 10.1 Å². The van der Waals surface area contributed by atoms with E-state index in [4.69, 9.17) is 0 Å². The monoisotopic (exact) mass is 514 g/mol. The number of carbonyl (C=O) groups excluding carboxylic acids is 1. The van der Waals surface area contributed by atoms with Gasteiger partial charge in [-0.05, 0) is 59.6 Å².